The number of rotatable bonds is 11. The van der Waals surface area contributed by atoms with Gasteiger partial charge in [-0.1, -0.05) is 42.1 Å². The molecule has 0 radical (unpaired) electrons. The van der Waals surface area contributed by atoms with Crippen molar-refractivity contribution in [3.8, 4) is 17.2 Å². The van der Waals surface area contributed by atoms with Gasteiger partial charge in [-0.3, -0.25) is 4.79 Å². The largest absolute Gasteiger partial charge is 0.494 e. The summed E-state index contributed by atoms with van der Waals surface area (Å²) in [5.74, 6) is 2.08. The molecular formula is C26H28N4O4S. The van der Waals surface area contributed by atoms with Crippen LogP contribution in [0.25, 0.3) is 0 Å². The minimum Gasteiger partial charge on any atom is -0.494 e. The fourth-order valence-corrected chi connectivity index (χ4v) is 3.55. The maximum Gasteiger partial charge on any atom is 0.262 e. The third kappa shape index (κ3) is 8.71. The Morgan fingerprint density at radius 2 is 1.80 bits per heavy atom. The number of carbonyl (C=O) groups excluding carboxylic acids is 1. The number of thioether (sulfide) groups is 1. The van der Waals surface area contributed by atoms with Crippen LogP contribution >= 0.6 is 11.8 Å². The fourth-order valence-electron chi connectivity index (χ4n) is 2.94. The van der Waals surface area contributed by atoms with Crippen LogP contribution in [0.5, 0.6) is 17.2 Å². The number of ether oxygens (including phenoxy) is 3. The molecule has 8 nitrogen and oxygen atoms in total. The molecular weight excluding hydrogens is 464 g/mol. The standard InChI is InChI=1S/C26H28N4O4S/c1-3-33-22-12-10-21(11-13-22)29-25(31)17-34-23-14-9-20(15-24(23)32-2)16-28-30-26(27)35-18-19-7-5-4-6-8-19/h4-16H,3,17-18H2,1-2H3,(H2,27,30)(H,29,31). The number of amidine groups is 1. The number of hydrogen-bond acceptors (Lipinski definition) is 7. The van der Waals surface area contributed by atoms with Crippen molar-refractivity contribution in [3.05, 3.63) is 83.9 Å². The van der Waals surface area contributed by atoms with E-state index < -0.39 is 0 Å². The minimum absolute atomic E-state index is 0.170. The molecule has 0 unspecified atom stereocenters. The van der Waals surface area contributed by atoms with Crippen LogP contribution in [0.1, 0.15) is 18.1 Å². The summed E-state index contributed by atoms with van der Waals surface area (Å²) in [6.07, 6.45) is 1.57. The first kappa shape index (κ1) is 25.6. The van der Waals surface area contributed by atoms with Gasteiger partial charge in [-0.2, -0.15) is 5.10 Å². The number of nitrogens with zero attached hydrogens (tertiary/aromatic N) is 2. The van der Waals surface area contributed by atoms with Crippen LogP contribution < -0.4 is 25.3 Å². The number of methoxy groups -OCH3 is 1. The zero-order chi connectivity index (χ0) is 24.9. The minimum atomic E-state index is -0.292. The number of carbonyl (C=O) groups is 1. The first-order valence-electron chi connectivity index (χ1n) is 10.9. The maximum atomic E-state index is 12.3. The Morgan fingerprint density at radius 1 is 1.03 bits per heavy atom. The molecule has 0 saturated heterocycles. The SMILES string of the molecule is CCOc1ccc(NC(=O)COc2ccc(C=NN=C(N)SCc3ccccc3)cc2OC)cc1. The summed E-state index contributed by atoms with van der Waals surface area (Å²) < 4.78 is 16.4. The molecule has 9 heteroatoms. The predicted octanol–water partition coefficient (Wildman–Crippen LogP) is 4.69. The molecule has 3 aromatic rings. The summed E-state index contributed by atoms with van der Waals surface area (Å²) in [5.41, 5.74) is 8.48. The van der Waals surface area contributed by atoms with E-state index in [4.69, 9.17) is 19.9 Å². The van der Waals surface area contributed by atoms with Crippen LogP contribution in [-0.4, -0.2) is 37.6 Å². The number of nitrogens with two attached hydrogens (primary N) is 1. The van der Waals surface area contributed by atoms with E-state index in [1.165, 1.54) is 18.9 Å². The molecule has 0 aliphatic rings. The molecule has 0 aliphatic carbocycles. The first-order valence-corrected chi connectivity index (χ1v) is 11.9. The molecule has 0 spiro atoms. The number of amides is 1. The first-order chi connectivity index (χ1) is 17.1. The Kier molecular flexibility index (Phi) is 10.0. The number of nitrogens with one attached hydrogen (secondary N) is 1. The van der Waals surface area contributed by atoms with E-state index in [-0.39, 0.29) is 12.5 Å². The number of anilines is 1. The van der Waals surface area contributed by atoms with Gasteiger partial charge in [-0.25, -0.2) is 0 Å². The smallest absolute Gasteiger partial charge is 0.262 e. The lowest BCUT2D eigenvalue weighted by molar-refractivity contribution is -0.118. The van der Waals surface area contributed by atoms with E-state index in [2.05, 4.69) is 15.5 Å². The van der Waals surface area contributed by atoms with Gasteiger partial charge in [0, 0.05) is 11.4 Å². The zero-order valence-electron chi connectivity index (χ0n) is 19.6. The van der Waals surface area contributed by atoms with E-state index in [0.717, 1.165) is 22.6 Å². The van der Waals surface area contributed by atoms with E-state index in [1.807, 2.05) is 37.3 Å². The Morgan fingerprint density at radius 3 is 2.51 bits per heavy atom. The van der Waals surface area contributed by atoms with Gasteiger partial charge in [0.1, 0.15) is 5.75 Å². The summed E-state index contributed by atoms with van der Waals surface area (Å²) in [6.45, 7) is 2.33. The van der Waals surface area contributed by atoms with Crippen LogP contribution in [0.2, 0.25) is 0 Å². The Labute approximate surface area is 209 Å². The van der Waals surface area contributed by atoms with Crippen LogP contribution in [0.4, 0.5) is 5.69 Å². The molecule has 35 heavy (non-hydrogen) atoms. The predicted molar refractivity (Wildman–Crippen MR) is 142 cm³/mol. The third-order valence-electron chi connectivity index (χ3n) is 4.59. The van der Waals surface area contributed by atoms with Crippen molar-refractivity contribution in [3.63, 3.8) is 0 Å². The highest BCUT2D eigenvalue weighted by atomic mass is 32.2. The second kappa shape index (κ2) is 13.7. The van der Waals surface area contributed by atoms with Crippen molar-refractivity contribution in [1.29, 1.82) is 0 Å². The molecule has 3 rings (SSSR count). The average Bonchev–Trinajstić information content (AvgIpc) is 2.88. The third-order valence-corrected chi connectivity index (χ3v) is 5.44. The van der Waals surface area contributed by atoms with Crippen molar-refractivity contribution < 1.29 is 19.0 Å². The molecule has 0 bridgehead atoms. The molecule has 0 heterocycles. The molecule has 0 aliphatic heterocycles. The highest BCUT2D eigenvalue weighted by Gasteiger charge is 2.09. The van der Waals surface area contributed by atoms with Gasteiger partial charge in [0.2, 0.25) is 0 Å². The highest BCUT2D eigenvalue weighted by Crippen LogP contribution is 2.27. The van der Waals surface area contributed by atoms with E-state index >= 15 is 0 Å². The lowest BCUT2D eigenvalue weighted by Gasteiger charge is -2.11. The van der Waals surface area contributed by atoms with Crippen LogP contribution in [0.15, 0.2) is 83.0 Å². The summed E-state index contributed by atoms with van der Waals surface area (Å²) in [6, 6.07) is 22.4. The van der Waals surface area contributed by atoms with Gasteiger partial charge >= 0.3 is 0 Å². The highest BCUT2D eigenvalue weighted by molar-refractivity contribution is 8.13. The molecule has 182 valence electrons. The van der Waals surface area contributed by atoms with Crippen molar-refractivity contribution in [2.75, 3.05) is 25.6 Å². The van der Waals surface area contributed by atoms with Gasteiger partial charge in [0.05, 0.1) is 19.9 Å². The van der Waals surface area contributed by atoms with Gasteiger partial charge in [0.15, 0.2) is 23.3 Å². The van der Waals surface area contributed by atoms with E-state index in [1.54, 1.807) is 48.7 Å². The van der Waals surface area contributed by atoms with Crippen molar-refractivity contribution in [2.45, 2.75) is 12.7 Å². The van der Waals surface area contributed by atoms with Crippen LogP contribution in [-0.2, 0) is 10.5 Å². The topological polar surface area (TPSA) is 108 Å². The van der Waals surface area contributed by atoms with Gasteiger partial charge in [0.25, 0.3) is 5.91 Å². The summed E-state index contributed by atoms with van der Waals surface area (Å²) >= 11 is 1.41. The monoisotopic (exact) mass is 492 g/mol. The molecule has 0 aromatic heterocycles. The lowest BCUT2D eigenvalue weighted by Crippen LogP contribution is -2.20. The van der Waals surface area contributed by atoms with Crippen molar-refractivity contribution >= 4 is 34.7 Å². The van der Waals surface area contributed by atoms with E-state index in [0.29, 0.717) is 29.0 Å². The van der Waals surface area contributed by atoms with Gasteiger partial charge in [-0.15, -0.1) is 5.10 Å². The second-order valence-corrected chi connectivity index (χ2v) is 8.16. The zero-order valence-corrected chi connectivity index (χ0v) is 20.5. The normalized spacial score (nSPS) is 11.3. The second-order valence-electron chi connectivity index (χ2n) is 7.16. The molecule has 3 aromatic carbocycles. The quantitative estimate of drug-likeness (QED) is 0.228. The van der Waals surface area contributed by atoms with Crippen LogP contribution in [0, 0.1) is 0 Å². The average molecular weight is 493 g/mol. The van der Waals surface area contributed by atoms with Crippen molar-refractivity contribution in [2.24, 2.45) is 15.9 Å². The number of hydrogen-bond donors (Lipinski definition) is 2. The Hall–Kier alpha value is -3.98. The fraction of sp³-hybridized carbons (Fsp3) is 0.192. The van der Waals surface area contributed by atoms with Crippen molar-refractivity contribution in [1.82, 2.24) is 0 Å². The summed E-state index contributed by atoms with van der Waals surface area (Å²) in [4.78, 5) is 12.3. The van der Waals surface area contributed by atoms with E-state index in [9.17, 15) is 4.79 Å². The Bertz CT molecular complexity index is 1150. The molecule has 0 saturated carbocycles. The molecule has 1 amide bonds. The number of benzene rings is 3. The van der Waals surface area contributed by atoms with Gasteiger partial charge in [-0.05, 0) is 60.5 Å². The van der Waals surface area contributed by atoms with Crippen LogP contribution in [0.3, 0.4) is 0 Å². The van der Waals surface area contributed by atoms with Gasteiger partial charge < -0.3 is 25.3 Å². The molecule has 0 atom stereocenters. The molecule has 3 N–H and O–H groups in total. The lowest BCUT2D eigenvalue weighted by atomic mass is 10.2. The maximum absolute atomic E-state index is 12.3. The Balaban J connectivity index is 1.51. The molecule has 0 fully saturated rings. The summed E-state index contributed by atoms with van der Waals surface area (Å²) in [5, 5.41) is 11.2. The summed E-state index contributed by atoms with van der Waals surface area (Å²) in [7, 11) is 1.53.